The summed E-state index contributed by atoms with van der Waals surface area (Å²) >= 11 is 1.50. The standard InChI is InChI=1S/C15H15N5OS/c1-16-13-10-4-2-3-5-11(10)17-15(18-13)22-8-12-19-20-14(21-12)9-6-7-9/h2-5,9H,6-8H2,1H3,(H,16,17,18). The second-order valence-electron chi connectivity index (χ2n) is 5.22. The summed E-state index contributed by atoms with van der Waals surface area (Å²) in [5, 5.41) is 13.0. The van der Waals surface area contributed by atoms with Crippen molar-refractivity contribution in [3.05, 3.63) is 36.0 Å². The zero-order valence-corrected chi connectivity index (χ0v) is 12.9. The largest absolute Gasteiger partial charge is 0.424 e. The number of benzene rings is 1. The van der Waals surface area contributed by atoms with E-state index in [9.17, 15) is 0 Å². The number of aromatic nitrogens is 4. The number of hydrogen-bond donors (Lipinski definition) is 1. The molecular weight excluding hydrogens is 298 g/mol. The molecule has 0 unspecified atom stereocenters. The van der Waals surface area contributed by atoms with E-state index in [1.54, 1.807) is 0 Å². The van der Waals surface area contributed by atoms with E-state index < -0.39 is 0 Å². The molecule has 3 aromatic rings. The van der Waals surface area contributed by atoms with Gasteiger partial charge in [0, 0.05) is 18.4 Å². The topological polar surface area (TPSA) is 76.7 Å². The van der Waals surface area contributed by atoms with Crippen molar-refractivity contribution >= 4 is 28.5 Å². The van der Waals surface area contributed by atoms with Crippen LogP contribution in [0.3, 0.4) is 0 Å². The van der Waals surface area contributed by atoms with Crippen LogP contribution in [0.15, 0.2) is 33.8 Å². The summed E-state index contributed by atoms with van der Waals surface area (Å²) in [6, 6.07) is 7.95. The van der Waals surface area contributed by atoms with Gasteiger partial charge in [-0.2, -0.15) is 0 Å². The summed E-state index contributed by atoms with van der Waals surface area (Å²) in [5.41, 5.74) is 0.925. The van der Waals surface area contributed by atoms with E-state index in [2.05, 4.69) is 25.5 Å². The summed E-state index contributed by atoms with van der Waals surface area (Å²) in [7, 11) is 1.86. The molecule has 6 nitrogen and oxygen atoms in total. The lowest BCUT2D eigenvalue weighted by Gasteiger charge is -2.06. The first-order chi connectivity index (χ1) is 10.8. The van der Waals surface area contributed by atoms with E-state index in [1.807, 2.05) is 31.3 Å². The first-order valence-corrected chi connectivity index (χ1v) is 8.21. The highest BCUT2D eigenvalue weighted by Crippen LogP contribution is 2.39. The van der Waals surface area contributed by atoms with Crippen molar-refractivity contribution in [3.63, 3.8) is 0 Å². The number of anilines is 1. The first kappa shape index (κ1) is 13.5. The lowest BCUT2D eigenvalue weighted by molar-refractivity contribution is 0.466. The minimum absolute atomic E-state index is 0.485. The summed E-state index contributed by atoms with van der Waals surface area (Å²) in [6.07, 6.45) is 2.32. The average Bonchev–Trinajstić information content (AvgIpc) is 3.30. The van der Waals surface area contributed by atoms with Gasteiger partial charge in [0.2, 0.25) is 11.8 Å². The highest BCUT2D eigenvalue weighted by molar-refractivity contribution is 7.98. The molecule has 112 valence electrons. The highest BCUT2D eigenvalue weighted by atomic mass is 32.2. The Morgan fingerprint density at radius 1 is 1.23 bits per heavy atom. The number of thioether (sulfide) groups is 1. The fourth-order valence-corrected chi connectivity index (χ4v) is 2.94. The highest BCUT2D eigenvalue weighted by Gasteiger charge is 2.29. The van der Waals surface area contributed by atoms with E-state index in [0.29, 0.717) is 22.7 Å². The zero-order valence-electron chi connectivity index (χ0n) is 12.1. The van der Waals surface area contributed by atoms with Gasteiger partial charge in [-0.1, -0.05) is 23.9 Å². The van der Waals surface area contributed by atoms with Crippen molar-refractivity contribution in [2.75, 3.05) is 12.4 Å². The third kappa shape index (κ3) is 2.64. The molecule has 22 heavy (non-hydrogen) atoms. The van der Waals surface area contributed by atoms with Gasteiger partial charge in [-0.3, -0.25) is 0 Å². The molecule has 4 rings (SSSR count). The molecule has 0 saturated heterocycles. The predicted octanol–water partition coefficient (Wildman–Crippen LogP) is 3.22. The quantitative estimate of drug-likeness (QED) is 0.572. The summed E-state index contributed by atoms with van der Waals surface area (Å²) in [6.45, 7) is 0. The van der Waals surface area contributed by atoms with Gasteiger partial charge >= 0.3 is 0 Å². The predicted molar refractivity (Wildman–Crippen MR) is 84.9 cm³/mol. The monoisotopic (exact) mass is 313 g/mol. The lowest BCUT2D eigenvalue weighted by Crippen LogP contribution is -1.98. The molecule has 0 amide bonds. The van der Waals surface area contributed by atoms with Crippen LogP contribution in [-0.2, 0) is 5.75 Å². The minimum Gasteiger partial charge on any atom is -0.424 e. The minimum atomic E-state index is 0.485. The number of hydrogen-bond acceptors (Lipinski definition) is 7. The molecule has 1 saturated carbocycles. The van der Waals surface area contributed by atoms with Gasteiger partial charge in [0.15, 0.2) is 5.16 Å². The van der Waals surface area contributed by atoms with Crippen LogP contribution in [0.2, 0.25) is 0 Å². The van der Waals surface area contributed by atoms with Crippen molar-refractivity contribution in [2.45, 2.75) is 29.7 Å². The van der Waals surface area contributed by atoms with Crippen molar-refractivity contribution in [1.82, 2.24) is 20.2 Å². The molecule has 1 aliphatic rings. The van der Waals surface area contributed by atoms with E-state index in [-0.39, 0.29) is 0 Å². The van der Waals surface area contributed by atoms with E-state index in [4.69, 9.17) is 4.42 Å². The van der Waals surface area contributed by atoms with E-state index in [1.165, 1.54) is 11.8 Å². The Bertz CT molecular complexity index is 815. The zero-order chi connectivity index (χ0) is 14.9. The van der Waals surface area contributed by atoms with E-state index in [0.717, 1.165) is 35.5 Å². The summed E-state index contributed by atoms with van der Waals surface area (Å²) in [5.74, 6) is 3.30. The molecule has 0 bridgehead atoms. The molecule has 0 aliphatic heterocycles. The molecular formula is C15H15N5OS. The molecule has 1 N–H and O–H groups in total. The van der Waals surface area contributed by atoms with Crippen LogP contribution in [0.25, 0.3) is 10.9 Å². The van der Waals surface area contributed by atoms with Crippen LogP contribution < -0.4 is 5.32 Å². The van der Waals surface area contributed by atoms with Gasteiger partial charge in [0.25, 0.3) is 0 Å². The van der Waals surface area contributed by atoms with Crippen molar-refractivity contribution < 1.29 is 4.42 Å². The Morgan fingerprint density at radius 2 is 2.09 bits per heavy atom. The first-order valence-electron chi connectivity index (χ1n) is 7.23. The molecule has 0 atom stereocenters. The molecule has 7 heteroatoms. The number of nitrogens with zero attached hydrogens (tertiary/aromatic N) is 4. The molecule has 1 aromatic carbocycles. The lowest BCUT2D eigenvalue weighted by atomic mass is 10.2. The second-order valence-corrected chi connectivity index (χ2v) is 6.16. The third-order valence-corrected chi connectivity index (χ3v) is 4.39. The molecule has 2 heterocycles. The van der Waals surface area contributed by atoms with Crippen LogP contribution in [0.4, 0.5) is 5.82 Å². The van der Waals surface area contributed by atoms with Gasteiger partial charge in [0.05, 0.1) is 11.3 Å². The molecule has 2 aromatic heterocycles. The van der Waals surface area contributed by atoms with Gasteiger partial charge in [-0.05, 0) is 25.0 Å². The molecule has 0 spiro atoms. The third-order valence-electron chi connectivity index (χ3n) is 3.55. The average molecular weight is 313 g/mol. The van der Waals surface area contributed by atoms with Crippen LogP contribution in [0.1, 0.15) is 30.5 Å². The maximum absolute atomic E-state index is 5.66. The van der Waals surface area contributed by atoms with Crippen molar-refractivity contribution in [1.29, 1.82) is 0 Å². The SMILES string of the molecule is CNc1nc(SCc2nnc(C3CC3)o2)nc2ccccc12. The van der Waals surface area contributed by atoms with Gasteiger partial charge in [0.1, 0.15) is 5.82 Å². The van der Waals surface area contributed by atoms with Crippen LogP contribution in [0, 0.1) is 0 Å². The molecule has 1 aliphatic carbocycles. The van der Waals surface area contributed by atoms with Crippen LogP contribution in [0.5, 0.6) is 0 Å². The Balaban J connectivity index is 1.55. The van der Waals surface area contributed by atoms with Gasteiger partial charge < -0.3 is 9.73 Å². The Kier molecular flexibility index (Phi) is 3.42. The number of para-hydroxylation sites is 1. The fraction of sp³-hybridized carbons (Fsp3) is 0.333. The van der Waals surface area contributed by atoms with Gasteiger partial charge in [-0.15, -0.1) is 10.2 Å². The van der Waals surface area contributed by atoms with Crippen molar-refractivity contribution in [2.24, 2.45) is 0 Å². The Labute approximate surface area is 131 Å². The summed E-state index contributed by atoms with van der Waals surface area (Å²) < 4.78 is 5.66. The number of nitrogens with one attached hydrogen (secondary N) is 1. The van der Waals surface area contributed by atoms with Crippen LogP contribution >= 0.6 is 11.8 Å². The van der Waals surface area contributed by atoms with Crippen molar-refractivity contribution in [3.8, 4) is 0 Å². The smallest absolute Gasteiger partial charge is 0.226 e. The molecule has 0 radical (unpaired) electrons. The van der Waals surface area contributed by atoms with Crippen LogP contribution in [-0.4, -0.2) is 27.2 Å². The van der Waals surface area contributed by atoms with Gasteiger partial charge in [-0.25, -0.2) is 9.97 Å². The maximum atomic E-state index is 5.66. The fourth-order valence-electron chi connectivity index (χ4n) is 2.26. The summed E-state index contributed by atoms with van der Waals surface area (Å²) in [4.78, 5) is 9.11. The van der Waals surface area contributed by atoms with E-state index >= 15 is 0 Å². The Morgan fingerprint density at radius 3 is 2.91 bits per heavy atom. The number of rotatable bonds is 5. The molecule has 1 fully saturated rings. The Hall–Kier alpha value is -2.15. The maximum Gasteiger partial charge on any atom is 0.226 e. The normalized spacial score (nSPS) is 14.4. The second kappa shape index (κ2) is 5.57. The number of fused-ring (bicyclic) bond motifs is 1.